The Bertz CT molecular complexity index is 719. The lowest BCUT2D eigenvalue weighted by molar-refractivity contribution is 0.0958. The van der Waals surface area contributed by atoms with Crippen molar-refractivity contribution in [3.63, 3.8) is 0 Å². The highest BCUT2D eigenvalue weighted by molar-refractivity contribution is 6.01. The highest BCUT2D eigenvalue weighted by atomic mass is 16.3. The quantitative estimate of drug-likeness (QED) is 0.837. The molecule has 2 aromatic rings. The zero-order valence-electron chi connectivity index (χ0n) is 11.0. The second-order valence-corrected chi connectivity index (χ2v) is 4.18. The monoisotopic (exact) mass is 261 g/mol. The van der Waals surface area contributed by atoms with Crippen LogP contribution in [-0.4, -0.2) is 27.6 Å². The second-order valence-electron chi connectivity index (χ2n) is 4.18. The molecule has 6 heteroatoms. The van der Waals surface area contributed by atoms with Crippen LogP contribution in [0.1, 0.15) is 23.0 Å². The third kappa shape index (κ3) is 1.95. The van der Waals surface area contributed by atoms with Crippen LogP contribution < -0.4 is 10.9 Å². The molecule has 0 aliphatic carbocycles. The van der Waals surface area contributed by atoms with Crippen LogP contribution in [0.5, 0.6) is 5.75 Å². The standard InChI is InChI=1S/C13H15N3O3/c1-4-16-11-8(6-5-7(2)15-11)10(17)9(13(16)19)12(18)14-3/h5-6,17H,4H2,1-3H3,(H,14,18). The van der Waals surface area contributed by atoms with Crippen molar-refractivity contribution in [2.75, 3.05) is 7.05 Å². The van der Waals surface area contributed by atoms with Gasteiger partial charge in [-0.3, -0.25) is 14.2 Å². The number of rotatable bonds is 2. The SMILES string of the molecule is CCn1c(=O)c(C(=O)NC)c(O)c2ccc(C)nc21. The fraction of sp³-hybridized carbons (Fsp3) is 0.308. The Kier molecular flexibility index (Phi) is 3.25. The number of nitrogens with one attached hydrogen (secondary N) is 1. The average molecular weight is 261 g/mol. The van der Waals surface area contributed by atoms with Crippen LogP contribution in [0.2, 0.25) is 0 Å². The van der Waals surface area contributed by atoms with Gasteiger partial charge in [0.15, 0.2) is 0 Å². The van der Waals surface area contributed by atoms with E-state index < -0.39 is 11.5 Å². The van der Waals surface area contributed by atoms with Gasteiger partial charge in [0.2, 0.25) is 0 Å². The molecule has 1 amide bonds. The maximum atomic E-state index is 12.2. The minimum atomic E-state index is -0.604. The van der Waals surface area contributed by atoms with Crippen molar-refractivity contribution in [1.29, 1.82) is 0 Å². The lowest BCUT2D eigenvalue weighted by Gasteiger charge is -2.12. The first kappa shape index (κ1) is 13.1. The van der Waals surface area contributed by atoms with Crippen molar-refractivity contribution in [3.8, 4) is 5.75 Å². The van der Waals surface area contributed by atoms with Crippen molar-refractivity contribution in [2.45, 2.75) is 20.4 Å². The van der Waals surface area contributed by atoms with E-state index in [4.69, 9.17) is 0 Å². The third-order valence-electron chi connectivity index (χ3n) is 2.99. The van der Waals surface area contributed by atoms with Crippen LogP contribution in [0.25, 0.3) is 11.0 Å². The molecule has 2 heterocycles. The van der Waals surface area contributed by atoms with Gasteiger partial charge in [-0.2, -0.15) is 0 Å². The van der Waals surface area contributed by atoms with Crippen molar-refractivity contribution >= 4 is 16.9 Å². The predicted octanol–water partition coefficient (Wildman–Crippen LogP) is 0.790. The van der Waals surface area contributed by atoms with E-state index in [9.17, 15) is 14.7 Å². The molecule has 2 rings (SSSR count). The molecule has 100 valence electrons. The fourth-order valence-corrected chi connectivity index (χ4v) is 2.02. The summed E-state index contributed by atoms with van der Waals surface area (Å²) >= 11 is 0. The van der Waals surface area contributed by atoms with Gasteiger partial charge in [-0.1, -0.05) is 0 Å². The number of pyridine rings is 2. The van der Waals surface area contributed by atoms with Crippen LogP contribution in [0, 0.1) is 6.92 Å². The number of fused-ring (bicyclic) bond motifs is 1. The molecule has 0 aromatic carbocycles. The van der Waals surface area contributed by atoms with Gasteiger partial charge in [0, 0.05) is 19.3 Å². The number of nitrogens with zero attached hydrogens (tertiary/aromatic N) is 2. The molecule has 0 aliphatic rings. The van der Waals surface area contributed by atoms with E-state index in [1.807, 2.05) is 0 Å². The molecule has 0 bridgehead atoms. The molecule has 0 atom stereocenters. The fourth-order valence-electron chi connectivity index (χ4n) is 2.02. The van der Waals surface area contributed by atoms with Gasteiger partial charge in [-0.05, 0) is 26.0 Å². The van der Waals surface area contributed by atoms with Gasteiger partial charge in [-0.15, -0.1) is 0 Å². The summed E-state index contributed by atoms with van der Waals surface area (Å²) in [5, 5.41) is 12.9. The van der Waals surface area contributed by atoms with E-state index >= 15 is 0 Å². The molecule has 2 N–H and O–H groups in total. The summed E-state index contributed by atoms with van der Waals surface area (Å²) in [7, 11) is 1.41. The number of amides is 1. The number of hydrogen-bond donors (Lipinski definition) is 2. The smallest absolute Gasteiger partial charge is 0.268 e. The highest BCUT2D eigenvalue weighted by Crippen LogP contribution is 2.25. The largest absolute Gasteiger partial charge is 0.506 e. The molecule has 0 radical (unpaired) electrons. The molecule has 0 spiro atoms. The Labute approximate surface area is 109 Å². The maximum Gasteiger partial charge on any atom is 0.268 e. The van der Waals surface area contributed by atoms with Crippen molar-refractivity contribution < 1.29 is 9.90 Å². The normalized spacial score (nSPS) is 10.7. The zero-order valence-corrected chi connectivity index (χ0v) is 11.0. The summed E-state index contributed by atoms with van der Waals surface area (Å²) in [5.74, 6) is -0.927. The second kappa shape index (κ2) is 4.72. The Morgan fingerprint density at radius 3 is 2.74 bits per heavy atom. The van der Waals surface area contributed by atoms with Gasteiger partial charge >= 0.3 is 0 Å². The summed E-state index contributed by atoms with van der Waals surface area (Å²) in [4.78, 5) is 28.2. The number of hydrogen-bond acceptors (Lipinski definition) is 4. The van der Waals surface area contributed by atoms with Crippen molar-refractivity contribution in [3.05, 3.63) is 33.7 Å². The molecule has 6 nitrogen and oxygen atoms in total. The number of aryl methyl sites for hydroxylation is 2. The average Bonchev–Trinajstić information content (AvgIpc) is 2.38. The molecule has 2 aromatic heterocycles. The minimum Gasteiger partial charge on any atom is -0.506 e. The van der Waals surface area contributed by atoms with Gasteiger partial charge in [0.1, 0.15) is 17.0 Å². The Hall–Kier alpha value is -2.37. The number of carbonyl (C=O) groups excluding carboxylic acids is 1. The molecule has 19 heavy (non-hydrogen) atoms. The minimum absolute atomic E-state index is 0.248. The summed E-state index contributed by atoms with van der Waals surface area (Å²) in [5.41, 5.74) is 0.339. The first-order valence-electron chi connectivity index (χ1n) is 5.96. The predicted molar refractivity (Wildman–Crippen MR) is 71.5 cm³/mol. The Morgan fingerprint density at radius 2 is 2.16 bits per heavy atom. The summed E-state index contributed by atoms with van der Waals surface area (Å²) in [6, 6.07) is 3.38. The van der Waals surface area contributed by atoms with Crippen LogP contribution in [0.15, 0.2) is 16.9 Å². The third-order valence-corrected chi connectivity index (χ3v) is 2.99. The summed E-state index contributed by atoms with van der Waals surface area (Å²) in [6.07, 6.45) is 0. The number of carbonyl (C=O) groups is 1. The van der Waals surface area contributed by atoms with Crippen LogP contribution >= 0.6 is 0 Å². The Balaban J connectivity index is 2.98. The highest BCUT2D eigenvalue weighted by Gasteiger charge is 2.21. The van der Waals surface area contributed by atoms with E-state index in [2.05, 4.69) is 10.3 Å². The van der Waals surface area contributed by atoms with E-state index in [1.165, 1.54) is 11.6 Å². The van der Waals surface area contributed by atoms with Gasteiger partial charge in [0.05, 0.1) is 5.39 Å². The zero-order chi connectivity index (χ0) is 14.2. The van der Waals surface area contributed by atoms with Crippen molar-refractivity contribution in [1.82, 2.24) is 14.9 Å². The lowest BCUT2D eigenvalue weighted by Crippen LogP contribution is -2.31. The molecule has 0 saturated carbocycles. The van der Waals surface area contributed by atoms with Crippen molar-refractivity contribution in [2.24, 2.45) is 0 Å². The molecular formula is C13H15N3O3. The van der Waals surface area contributed by atoms with Gasteiger partial charge < -0.3 is 10.4 Å². The van der Waals surface area contributed by atoms with Crippen LogP contribution in [-0.2, 0) is 6.54 Å². The van der Waals surface area contributed by atoms with E-state index in [0.717, 1.165) is 5.69 Å². The first-order valence-corrected chi connectivity index (χ1v) is 5.96. The van der Waals surface area contributed by atoms with Gasteiger partial charge in [-0.25, -0.2) is 4.98 Å². The topological polar surface area (TPSA) is 84.2 Å². The van der Waals surface area contributed by atoms with E-state index in [0.29, 0.717) is 17.6 Å². The molecule has 0 saturated heterocycles. The van der Waals surface area contributed by atoms with Crippen LogP contribution in [0.3, 0.4) is 0 Å². The maximum absolute atomic E-state index is 12.2. The number of aromatic nitrogens is 2. The first-order chi connectivity index (χ1) is 9.01. The van der Waals surface area contributed by atoms with Gasteiger partial charge in [0.25, 0.3) is 11.5 Å². The summed E-state index contributed by atoms with van der Waals surface area (Å²) < 4.78 is 1.38. The Morgan fingerprint density at radius 1 is 1.47 bits per heavy atom. The molecule has 0 fully saturated rings. The number of aromatic hydroxyl groups is 1. The van der Waals surface area contributed by atoms with E-state index in [1.54, 1.807) is 26.0 Å². The summed E-state index contributed by atoms with van der Waals surface area (Å²) in [6.45, 7) is 3.96. The van der Waals surface area contributed by atoms with E-state index in [-0.39, 0.29) is 11.3 Å². The molecule has 0 unspecified atom stereocenters. The van der Waals surface area contributed by atoms with Crippen LogP contribution in [0.4, 0.5) is 0 Å². The molecule has 0 aliphatic heterocycles. The lowest BCUT2D eigenvalue weighted by atomic mass is 10.1. The molecular weight excluding hydrogens is 246 g/mol.